The van der Waals surface area contributed by atoms with Crippen LogP contribution in [0, 0.1) is 5.92 Å². The van der Waals surface area contributed by atoms with Gasteiger partial charge in [0.15, 0.2) is 0 Å². The predicted octanol–water partition coefficient (Wildman–Crippen LogP) is 2.11. The molecular formula is C18H26N2O3. The maximum atomic E-state index is 11.0. The molecule has 2 saturated carbocycles. The Morgan fingerprint density at radius 1 is 1.30 bits per heavy atom. The second-order valence-electron chi connectivity index (χ2n) is 6.82. The number of ether oxygens (including phenoxy) is 1. The van der Waals surface area contributed by atoms with Gasteiger partial charge in [0.1, 0.15) is 5.75 Å². The lowest BCUT2D eigenvalue weighted by Gasteiger charge is -2.43. The molecule has 3 rings (SSSR count). The summed E-state index contributed by atoms with van der Waals surface area (Å²) < 4.78 is 5.16. The van der Waals surface area contributed by atoms with Crippen LogP contribution in [0.4, 0.5) is 0 Å². The molecule has 0 unspecified atom stereocenters. The first-order valence-corrected chi connectivity index (χ1v) is 8.46. The van der Waals surface area contributed by atoms with Crippen LogP contribution in [-0.4, -0.2) is 48.3 Å². The minimum atomic E-state index is -0.708. The van der Waals surface area contributed by atoms with E-state index in [0.29, 0.717) is 12.1 Å². The minimum Gasteiger partial charge on any atom is -0.497 e. The lowest BCUT2D eigenvalue weighted by atomic mass is 9.85. The Kier molecular flexibility index (Phi) is 5.18. The molecule has 0 radical (unpaired) electrons. The van der Waals surface area contributed by atoms with Crippen LogP contribution < -0.4 is 10.1 Å². The molecule has 0 bridgehead atoms. The number of carboxylic acids is 1. The Labute approximate surface area is 137 Å². The zero-order valence-corrected chi connectivity index (χ0v) is 13.7. The van der Waals surface area contributed by atoms with E-state index in [1.165, 1.54) is 18.4 Å². The van der Waals surface area contributed by atoms with Crippen molar-refractivity contribution < 1.29 is 14.6 Å². The van der Waals surface area contributed by atoms with Crippen LogP contribution in [0.2, 0.25) is 0 Å². The number of benzene rings is 1. The number of rotatable bonds is 9. The number of nitrogens with zero attached hydrogens (tertiary/aromatic N) is 1. The van der Waals surface area contributed by atoms with Crippen molar-refractivity contribution in [3.63, 3.8) is 0 Å². The fourth-order valence-electron chi connectivity index (χ4n) is 3.21. The fourth-order valence-corrected chi connectivity index (χ4v) is 3.21. The smallest absolute Gasteiger partial charge is 0.317 e. The lowest BCUT2D eigenvalue weighted by Crippen LogP contribution is -2.54. The van der Waals surface area contributed by atoms with Gasteiger partial charge in [-0.15, -0.1) is 0 Å². The summed E-state index contributed by atoms with van der Waals surface area (Å²) in [6.07, 6.45) is 4.64. The average Bonchev–Trinajstić information content (AvgIpc) is 3.29. The van der Waals surface area contributed by atoms with Crippen LogP contribution in [0.25, 0.3) is 0 Å². The number of hydrogen-bond acceptors (Lipinski definition) is 4. The molecule has 2 fully saturated rings. The summed E-state index contributed by atoms with van der Waals surface area (Å²) in [5.74, 6) is 0.905. The van der Waals surface area contributed by atoms with Crippen LogP contribution in [0.5, 0.6) is 5.75 Å². The summed E-state index contributed by atoms with van der Waals surface area (Å²) in [5, 5.41) is 12.6. The van der Waals surface area contributed by atoms with Crippen molar-refractivity contribution in [1.82, 2.24) is 10.2 Å². The van der Waals surface area contributed by atoms with E-state index in [1.54, 1.807) is 7.11 Å². The van der Waals surface area contributed by atoms with Gasteiger partial charge >= 0.3 is 5.97 Å². The van der Waals surface area contributed by atoms with E-state index in [9.17, 15) is 4.79 Å². The number of methoxy groups -OCH3 is 1. The van der Waals surface area contributed by atoms with E-state index < -0.39 is 5.97 Å². The summed E-state index contributed by atoms with van der Waals surface area (Å²) in [4.78, 5) is 13.2. The summed E-state index contributed by atoms with van der Waals surface area (Å²) in [5.41, 5.74) is 1.25. The quantitative estimate of drug-likeness (QED) is 0.730. The highest BCUT2D eigenvalue weighted by atomic mass is 16.5. The monoisotopic (exact) mass is 318 g/mol. The Balaban J connectivity index is 1.41. The third-order valence-corrected chi connectivity index (χ3v) is 4.91. The lowest BCUT2D eigenvalue weighted by molar-refractivity contribution is -0.139. The first-order chi connectivity index (χ1) is 11.1. The molecule has 5 nitrogen and oxygen atoms in total. The number of carboxylic acid groups (broad SMARTS) is 1. The second kappa shape index (κ2) is 7.32. The van der Waals surface area contributed by atoms with Crippen LogP contribution >= 0.6 is 0 Å². The fraction of sp³-hybridized carbons (Fsp3) is 0.611. The Morgan fingerprint density at radius 3 is 2.57 bits per heavy atom. The molecule has 0 heterocycles. The van der Waals surface area contributed by atoms with Crippen molar-refractivity contribution in [1.29, 1.82) is 0 Å². The van der Waals surface area contributed by atoms with Crippen molar-refractivity contribution >= 4 is 5.97 Å². The molecular weight excluding hydrogens is 292 g/mol. The second-order valence-corrected chi connectivity index (χ2v) is 6.82. The van der Waals surface area contributed by atoms with Crippen molar-refractivity contribution in [2.24, 2.45) is 5.92 Å². The predicted molar refractivity (Wildman–Crippen MR) is 88.6 cm³/mol. The first kappa shape index (κ1) is 16.3. The van der Waals surface area contributed by atoms with Gasteiger partial charge in [-0.3, -0.25) is 9.69 Å². The number of hydrogen-bond donors (Lipinski definition) is 2. The van der Waals surface area contributed by atoms with Gasteiger partial charge in [-0.1, -0.05) is 12.1 Å². The van der Waals surface area contributed by atoms with Crippen molar-refractivity contribution in [3.05, 3.63) is 29.8 Å². The molecule has 2 aliphatic rings. The summed E-state index contributed by atoms with van der Waals surface area (Å²) in [6, 6.07) is 9.03. The molecule has 1 aromatic rings. The molecule has 5 heteroatoms. The van der Waals surface area contributed by atoms with Gasteiger partial charge in [-0.05, 0) is 49.3 Å². The third-order valence-electron chi connectivity index (χ3n) is 4.91. The first-order valence-electron chi connectivity index (χ1n) is 8.46. The van der Waals surface area contributed by atoms with Crippen LogP contribution in [0.3, 0.4) is 0 Å². The largest absolute Gasteiger partial charge is 0.497 e. The summed E-state index contributed by atoms with van der Waals surface area (Å²) in [6.45, 7) is 2.00. The Morgan fingerprint density at radius 2 is 2.00 bits per heavy atom. The zero-order chi connectivity index (χ0) is 16.2. The van der Waals surface area contributed by atoms with Gasteiger partial charge in [0.2, 0.25) is 0 Å². The summed E-state index contributed by atoms with van der Waals surface area (Å²) in [7, 11) is 1.67. The summed E-state index contributed by atoms with van der Waals surface area (Å²) >= 11 is 0. The number of nitrogens with one attached hydrogen (secondary N) is 1. The molecule has 2 N–H and O–H groups in total. The molecule has 0 atom stereocenters. The zero-order valence-electron chi connectivity index (χ0n) is 13.7. The van der Waals surface area contributed by atoms with Crippen LogP contribution in [0.15, 0.2) is 24.3 Å². The number of carbonyl (C=O) groups is 1. The SMILES string of the molecule is COc1ccc(CNC2CC(N(CC(=O)O)CC3CC3)C2)cc1. The minimum absolute atomic E-state index is 0.187. The van der Waals surface area contributed by atoms with E-state index in [0.717, 1.165) is 37.6 Å². The van der Waals surface area contributed by atoms with Crippen molar-refractivity contribution in [3.8, 4) is 5.75 Å². The maximum absolute atomic E-state index is 11.0. The molecule has 0 aliphatic heterocycles. The van der Waals surface area contributed by atoms with E-state index >= 15 is 0 Å². The Hall–Kier alpha value is -1.59. The van der Waals surface area contributed by atoms with Crippen LogP contribution in [0.1, 0.15) is 31.2 Å². The molecule has 1 aromatic carbocycles. The van der Waals surface area contributed by atoms with Gasteiger partial charge in [0, 0.05) is 25.2 Å². The van der Waals surface area contributed by atoms with Gasteiger partial charge in [-0.2, -0.15) is 0 Å². The topological polar surface area (TPSA) is 61.8 Å². The van der Waals surface area contributed by atoms with E-state index in [1.807, 2.05) is 12.1 Å². The third kappa shape index (κ3) is 4.69. The highest BCUT2D eigenvalue weighted by molar-refractivity contribution is 5.69. The molecule has 0 aromatic heterocycles. The molecule has 0 amide bonds. The van der Waals surface area contributed by atoms with Crippen molar-refractivity contribution in [2.45, 2.75) is 44.3 Å². The molecule has 2 aliphatic carbocycles. The normalized spacial score (nSPS) is 23.6. The molecule has 23 heavy (non-hydrogen) atoms. The maximum Gasteiger partial charge on any atom is 0.317 e. The van der Waals surface area contributed by atoms with E-state index in [-0.39, 0.29) is 6.54 Å². The molecule has 126 valence electrons. The highest BCUT2D eigenvalue weighted by Crippen LogP contribution is 2.33. The molecule has 0 spiro atoms. The van der Waals surface area contributed by atoms with Gasteiger partial charge in [-0.25, -0.2) is 0 Å². The standard InChI is InChI=1S/C18H26N2O3/c1-23-17-6-4-13(5-7-17)10-19-15-8-16(9-15)20(12-18(21)22)11-14-2-3-14/h4-7,14-16,19H,2-3,8-12H2,1H3,(H,21,22). The van der Waals surface area contributed by atoms with E-state index in [2.05, 4.69) is 22.3 Å². The van der Waals surface area contributed by atoms with Crippen molar-refractivity contribution in [2.75, 3.05) is 20.2 Å². The van der Waals surface area contributed by atoms with Gasteiger partial charge < -0.3 is 15.2 Å². The van der Waals surface area contributed by atoms with E-state index in [4.69, 9.17) is 9.84 Å². The highest BCUT2D eigenvalue weighted by Gasteiger charge is 2.36. The number of aliphatic carboxylic acids is 1. The molecule has 0 saturated heterocycles. The van der Waals surface area contributed by atoms with Gasteiger partial charge in [0.25, 0.3) is 0 Å². The Bertz CT molecular complexity index is 522. The van der Waals surface area contributed by atoms with Gasteiger partial charge in [0.05, 0.1) is 13.7 Å². The average molecular weight is 318 g/mol. The van der Waals surface area contributed by atoms with Crippen LogP contribution in [-0.2, 0) is 11.3 Å².